The first kappa shape index (κ1) is 19.3. The van der Waals surface area contributed by atoms with Crippen molar-refractivity contribution in [2.24, 2.45) is 0 Å². The first-order valence-corrected chi connectivity index (χ1v) is 8.91. The Morgan fingerprint density at radius 2 is 1.50 bits per heavy atom. The highest BCUT2D eigenvalue weighted by Gasteiger charge is 2.34. The lowest BCUT2D eigenvalue weighted by molar-refractivity contribution is -0.147. The molecule has 0 radical (unpaired) electrons. The molecule has 0 aliphatic carbocycles. The number of carbonyl (C=O) groups excluding carboxylic acids is 4. The number of hydrogen-bond donors (Lipinski definition) is 0. The molecule has 0 spiro atoms. The molecule has 0 saturated carbocycles. The van der Waals surface area contributed by atoms with E-state index in [1.54, 1.807) is 43.4 Å². The number of imide groups is 1. The van der Waals surface area contributed by atoms with Crippen LogP contribution in [0.3, 0.4) is 0 Å². The molecule has 0 aromatic heterocycles. The maximum atomic E-state index is 12.2. The van der Waals surface area contributed by atoms with Crippen LogP contribution in [-0.4, -0.2) is 48.8 Å². The molecule has 3 amide bonds. The molecule has 2 aromatic carbocycles. The zero-order valence-corrected chi connectivity index (χ0v) is 15.5. The van der Waals surface area contributed by atoms with Gasteiger partial charge in [0.05, 0.1) is 11.1 Å². The minimum Gasteiger partial charge on any atom is -0.456 e. The van der Waals surface area contributed by atoms with E-state index in [0.29, 0.717) is 16.8 Å². The van der Waals surface area contributed by atoms with E-state index in [1.165, 1.54) is 4.90 Å². The van der Waals surface area contributed by atoms with Gasteiger partial charge in [-0.05, 0) is 30.7 Å². The monoisotopic (exact) mass is 380 g/mol. The summed E-state index contributed by atoms with van der Waals surface area (Å²) in [5.41, 5.74) is 1.46. The second-order valence-corrected chi connectivity index (χ2v) is 6.36. The van der Waals surface area contributed by atoms with E-state index in [0.717, 1.165) is 4.90 Å². The molecule has 3 rings (SSSR count). The van der Waals surface area contributed by atoms with Gasteiger partial charge in [-0.3, -0.25) is 24.1 Å². The minimum atomic E-state index is -0.550. The number of carbonyl (C=O) groups is 4. The molecule has 144 valence electrons. The molecule has 28 heavy (non-hydrogen) atoms. The Kier molecular flexibility index (Phi) is 5.84. The predicted octanol–water partition coefficient (Wildman–Crippen LogP) is 2.27. The highest BCUT2D eigenvalue weighted by molar-refractivity contribution is 6.21. The number of hydrogen-bond acceptors (Lipinski definition) is 5. The van der Waals surface area contributed by atoms with Gasteiger partial charge in [-0.25, -0.2) is 0 Å². The first-order valence-electron chi connectivity index (χ1n) is 8.91. The number of nitrogens with zero attached hydrogens (tertiary/aromatic N) is 2. The normalized spacial score (nSPS) is 12.7. The molecule has 0 atom stereocenters. The van der Waals surface area contributed by atoms with Gasteiger partial charge in [0.15, 0.2) is 6.61 Å². The van der Waals surface area contributed by atoms with Crippen molar-refractivity contribution in [1.29, 1.82) is 0 Å². The topological polar surface area (TPSA) is 84.0 Å². The van der Waals surface area contributed by atoms with E-state index in [1.807, 2.05) is 18.2 Å². The van der Waals surface area contributed by atoms with Crippen molar-refractivity contribution in [1.82, 2.24) is 4.90 Å². The van der Waals surface area contributed by atoms with Gasteiger partial charge in [0.1, 0.15) is 0 Å². The molecule has 1 aliphatic rings. The van der Waals surface area contributed by atoms with Crippen LogP contribution in [0.5, 0.6) is 0 Å². The standard InChI is InChI=1S/C21H20N2O5/c1-22(15-8-3-2-4-9-15)18(24)14-28-19(25)12-7-13-23-20(26)16-10-5-6-11-17(16)21(23)27/h2-6,8-11H,7,12-14H2,1H3. The summed E-state index contributed by atoms with van der Waals surface area (Å²) in [5, 5.41) is 0. The van der Waals surface area contributed by atoms with Gasteiger partial charge in [-0.1, -0.05) is 30.3 Å². The summed E-state index contributed by atoms with van der Waals surface area (Å²) in [6, 6.07) is 15.6. The second-order valence-electron chi connectivity index (χ2n) is 6.36. The summed E-state index contributed by atoms with van der Waals surface area (Å²) in [7, 11) is 1.60. The zero-order valence-electron chi connectivity index (χ0n) is 15.5. The lowest BCUT2D eigenvalue weighted by atomic mass is 10.1. The smallest absolute Gasteiger partial charge is 0.306 e. The molecule has 0 fully saturated rings. The molecule has 1 aliphatic heterocycles. The van der Waals surface area contributed by atoms with Gasteiger partial charge in [0.25, 0.3) is 17.7 Å². The fourth-order valence-electron chi connectivity index (χ4n) is 2.93. The average Bonchev–Trinajstić information content (AvgIpc) is 2.97. The van der Waals surface area contributed by atoms with Gasteiger partial charge in [-0.2, -0.15) is 0 Å². The summed E-state index contributed by atoms with van der Waals surface area (Å²) in [6.45, 7) is -0.240. The first-order chi connectivity index (χ1) is 13.5. The van der Waals surface area contributed by atoms with E-state index < -0.39 is 5.97 Å². The molecule has 7 heteroatoms. The minimum absolute atomic E-state index is 0.00966. The van der Waals surface area contributed by atoms with Gasteiger partial charge >= 0.3 is 5.97 Å². The fourth-order valence-corrected chi connectivity index (χ4v) is 2.93. The molecule has 2 aromatic rings. The van der Waals surface area contributed by atoms with Gasteiger partial charge in [-0.15, -0.1) is 0 Å². The molecular formula is C21H20N2O5. The molecule has 0 N–H and O–H groups in total. The summed E-state index contributed by atoms with van der Waals surface area (Å²) < 4.78 is 5.01. The van der Waals surface area contributed by atoms with Crippen LogP contribution < -0.4 is 4.90 Å². The van der Waals surface area contributed by atoms with E-state index in [-0.39, 0.29) is 43.7 Å². The van der Waals surface area contributed by atoms with Crippen LogP contribution in [0.2, 0.25) is 0 Å². The largest absolute Gasteiger partial charge is 0.456 e. The van der Waals surface area contributed by atoms with Crippen LogP contribution in [0.25, 0.3) is 0 Å². The van der Waals surface area contributed by atoms with Crippen LogP contribution in [0.4, 0.5) is 5.69 Å². The van der Waals surface area contributed by atoms with E-state index in [2.05, 4.69) is 0 Å². The number of fused-ring (bicyclic) bond motifs is 1. The lowest BCUT2D eigenvalue weighted by Gasteiger charge is -2.17. The average molecular weight is 380 g/mol. The summed E-state index contributed by atoms with van der Waals surface area (Å²) in [5.74, 6) is -1.60. The van der Waals surface area contributed by atoms with Crippen molar-refractivity contribution >= 4 is 29.4 Å². The van der Waals surface area contributed by atoms with Crippen molar-refractivity contribution < 1.29 is 23.9 Å². The molecular weight excluding hydrogens is 360 g/mol. The predicted molar refractivity (Wildman–Crippen MR) is 102 cm³/mol. The quantitative estimate of drug-likeness (QED) is 0.543. The summed E-state index contributed by atoms with van der Waals surface area (Å²) in [6.07, 6.45) is 0.281. The second kappa shape index (κ2) is 8.47. The van der Waals surface area contributed by atoms with Crippen LogP contribution in [0.15, 0.2) is 54.6 Å². The molecule has 0 saturated heterocycles. The number of amides is 3. The molecule has 7 nitrogen and oxygen atoms in total. The van der Waals surface area contributed by atoms with E-state index >= 15 is 0 Å². The number of ether oxygens (including phenoxy) is 1. The van der Waals surface area contributed by atoms with Crippen LogP contribution in [-0.2, 0) is 14.3 Å². The van der Waals surface area contributed by atoms with E-state index in [9.17, 15) is 19.2 Å². The van der Waals surface area contributed by atoms with Gasteiger partial charge < -0.3 is 9.64 Å². The summed E-state index contributed by atoms with van der Waals surface area (Å²) >= 11 is 0. The Morgan fingerprint density at radius 1 is 0.929 bits per heavy atom. The number of likely N-dealkylation sites (N-methyl/N-ethyl adjacent to an activating group) is 1. The van der Waals surface area contributed by atoms with Crippen molar-refractivity contribution in [2.75, 3.05) is 25.1 Å². The Balaban J connectivity index is 1.42. The third-order valence-electron chi connectivity index (χ3n) is 4.52. The van der Waals surface area contributed by atoms with Crippen molar-refractivity contribution in [2.45, 2.75) is 12.8 Å². The van der Waals surface area contributed by atoms with Crippen molar-refractivity contribution in [3.05, 3.63) is 65.7 Å². The third-order valence-corrected chi connectivity index (χ3v) is 4.52. The molecule has 0 unspecified atom stereocenters. The number of esters is 1. The highest BCUT2D eigenvalue weighted by Crippen LogP contribution is 2.22. The molecule has 0 bridgehead atoms. The van der Waals surface area contributed by atoms with Crippen LogP contribution in [0.1, 0.15) is 33.6 Å². The fraction of sp³-hybridized carbons (Fsp3) is 0.238. The van der Waals surface area contributed by atoms with E-state index in [4.69, 9.17) is 4.74 Å². The number of benzene rings is 2. The number of para-hydroxylation sites is 1. The Labute approximate surface area is 162 Å². The van der Waals surface area contributed by atoms with Crippen LogP contribution in [0, 0.1) is 0 Å². The van der Waals surface area contributed by atoms with Crippen molar-refractivity contribution in [3.63, 3.8) is 0 Å². The Hall–Kier alpha value is -3.48. The van der Waals surface area contributed by atoms with Crippen LogP contribution >= 0.6 is 0 Å². The lowest BCUT2D eigenvalue weighted by Crippen LogP contribution is -2.32. The third kappa shape index (κ3) is 4.09. The van der Waals surface area contributed by atoms with Gasteiger partial charge in [0, 0.05) is 25.7 Å². The number of anilines is 1. The zero-order chi connectivity index (χ0) is 20.1. The maximum Gasteiger partial charge on any atom is 0.306 e. The Bertz CT molecular complexity index is 875. The van der Waals surface area contributed by atoms with Gasteiger partial charge in [0.2, 0.25) is 0 Å². The van der Waals surface area contributed by atoms with Crippen molar-refractivity contribution in [3.8, 4) is 0 Å². The maximum absolute atomic E-state index is 12.2. The number of rotatable bonds is 7. The molecule has 1 heterocycles. The highest BCUT2D eigenvalue weighted by atomic mass is 16.5. The Morgan fingerprint density at radius 3 is 2.11 bits per heavy atom. The SMILES string of the molecule is CN(C(=O)COC(=O)CCCN1C(=O)c2ccccc2C1=O)c1ccccc1. The summed E-state index contributed by atoms with van der Waals surface area (Å²) in [4.78, 5) is 51.0.